The minimum atomic E-state index is -0.0216. The van der Waals surface area contributed by atoms with Gasteiger partial charge in [-0.2, -0.15) is 0 Å². The molecule has 2 heteroatoms. The first-order chi connectivity index (χ1) is 20.1. The lowest BCUT2D eigenvalue weighted by Crippen LogP contribution is -2.14. The van der Waals surface area contributed by atoms with E-state index in [0.717, 1.165) is 0 Å². The molecule has 0 N–H and O–H groups in total. The summed E-state index contributed by atoms with van der Waals surface area (Å²) in [4.78, 5) is 0. The zero-order valence-corrected chi connectivity index (χ0v) is 24.5. The van der Waals surface area contributed by atoms with Gasteiger partial charge in [-0.05, 0) is 63.2 Å². The summed E-state index contributed by atoms with van der Waals surface area (Å²) in [6.07, 6.45) is 0. The largest absolute Gasteiger partial charge is 0.135 e. The molecule has 0 nitrogen and oxygen atoms in total. The van der Waals surface area contributed by atoms with Crippen molar-refractivity contribution >= 4 is 63.0 Å². The molecule has 1 aliphatic rings. The first-order valence-corrected chi connectivity index (χ1v) is 15.8. The molecular formula is C39H26S2. The van der Waals surface area contributed by atoms with E-state index in [1.54, 1.807) is 0 Å². The summed E-state index contributed by atoms with van der Waals surface area (Å²) in [5.41, 5.74) is 10.8. The van der Waals surface area contributed by atoms with Crippen molar-refractivity contribution in [1.29, 1.82) is 0 Å². The van der Waals surface area contributed by atoms with Crippen molar-refractivity contribution < 1.29 is 0 Å². The van der Waals surface area contributed by atoms with Crippen LogP contribution in [0.2, 0.25) is 0 Å². The first kappa shape index (κ1) is 23.5. The Balaban J connectivity index is 1.23. The van der Waals surface area contributed by atoms with E-state index in [-0.39, 0.29) is 5.41 Å². The second-order valence-electron chi connectivity index (χ2n) is 11.7. The van der Waals surface area contributed by atoms with E-state index in [1.165, 1.54) is 84.9 Å². The van der Waals surface area contributed by atoms with Crippen molar-refractivity contribution in [2.24, 2.45) is 0 Å². The van der Waals surface area contributed by atoms with E-state index in [0.29, 0.717) is 0 Å². The highest BCUT2D eigenvalue weighted by Gasteiger charge is 2.37. The topological polar surface area (TPSA) is 0 Å². The number of hydrogen-bond acceptors (Lipinski definition) is 2. The molecule has 2 heterocycles. The van der Waals surface area contributed by atoms with Gasteiger partial charge in [0.15, 0.2) is 0 Å². The second kappa shape index (κ2) is 8.39. The average Bonchev–Trinajstić information content (AvgIpc) is 3.65. The predicted octanol–water partition coefficient (Wildman–Crippen LogP) is 12.1. The van der Waals surface area contributed by atoms with Gasteiger partial charge in [-0.3, -0.25) is 0 Å². The van der Waals surface area contributed by atoms with Crippen LogP contribution in [0.3, 0.4) is 0 Å². The Morgan fingerprint density at radius 1 is 0.439 bits per heavy atom. The van der Waals surface area contributed by atoms with E-state index in [1.807, 2.05) is 22.7 Å². The third-order valence-corrected chi connectivity index (χ3v) is 11.5. The zero-order valence-electron chi connectivity index (χ0n) is 22.9. The summed E-state index contributed by atoms with van der Waals surface area (Å²) >= 11 is 3.83. The van der Waals surface area contributed by atoms with Gasteiger partial charge in [-0.1, -0.05) is 111 Å². The first-order valence-electron chi connectivity index (χ1n) is 14.2. The monoisotopic (exact) mass is 558 g/mol. The molecule has 9 rings (SSSR count). The Morgan fingerprint density at radius 2 is 1.05 bits per heavy atom. The molecule has 6 aromatic carbocycles. The van der Waals surface area contributed by atoms with Crippen molar-refractivity contribution in [3.8, 4) is 33.4 Å². The molecule has 0 unspecified atom stereocenters. The molecule has 0 saturated heterocycles. The van der Waals surface area contributed by atoms with Crippen LogP contribution in [0.4, 0.5) is 0 Å². The lowest BCUT2D eigenvalue weighted by atomic mass is 9.82. The van der Waals surface area contributed by atoms with Crippen LogP contribution in [0.15, 0.2) is 121 Å². The summed E-state index contributed by atoms with van der Waals surface area (Å²) in [5, 5.41) is 5.42. The maximum atomic E-state index is 2.45. The molecule has 1 aliphatic carbocycles. The van der Waals surface area contributed by atoms with E-state index in [4.69, 9.17) is 0 Å². The van der Waals surface area contributed by atoms with Crippen LogP contribution >= 0.6 is 22.7 Å². The highest BCUT2D eigenvalue weighted by molar-refractivity contribution is 7.26. The van der Waals surface area contributed by atoms with Gasteiger partial charge in [0.2, 0.25) is 0 Å². The van der Waals surface area contributed by atoms with E-state index in [2.05, 4.69) is 135 Å². The molecule has 0 amide bonds. The van der Waals surface area contributed by atoms with Crippen molar-refractivity contribution in [2.45, 2.75) is 19.3 Å². The maximum Gasteiger partial charge on any atom is 0.0437 e. The maximum absolute atomic E-state index is 2.45. The molecule has 0 radical (unpaired) electrons. The third kappa shape index (κ3) is 3.26. The Bertz CT molecular complexity index is 2340. The molecule has 41 heavy (non-hydrogen) atoms. The summed E-state index contributed by atoms with van der Waals surface area (Å²) in [6.45, 7) is 4.76. The predicted molar refractivity (Wildman–Crippen MR) is 181 cm³/mol. The third-order valence-electron chi connectivity index (χ3n) is 9.09. The average molecular weight is 559 g/mol. The van der Waals surface area contributed by atoms with Crippen LogP contribution in [0, 0.1) is 0 Å². The fourth-order valence-electron chi connectivity index (χ4n) is 7.04. The van der Waals surface area contributed by atoms with E-state index in [9.17, 15) is 0 Å². The van der Waals surface area contributed by atoms with Crippen LogP contribution in [-0.2, 0) is 5.41 Å². The Kier molecular flexibility index (Phi) is 4.80. The molecule has 0 atom stereocenters. The minimum absolute atomic E-state index is 0.0216. The van der Waals surface area contributed by atoms with Gasteiger partial charge in [-0.15, -0.1) is 22.7 Å². The van der Waals surface area contributed by atoms with Crippen LogP contribution in [0.1, 0.15) is 25.0 Å². The number of rotatable bonds is 2. The second-order valence-corrected chi connectivity index (χ2v) is 13.8. The summed E-state index contributed by atoms with van der Waals surface area (Å²) in [7, 11) is 0. The Labute approximate surface area is 247 Å². The molecule has 0 aliphatic heterocycles. The molecule has 8 aromatic rings. The number of hydrogen-bond donors (Lipinski definition) is 0. The molecule has 2 aromatic heterocycles. The van der Waals surface area contributed by atoms with Crippen LogP contribution in [-0.4, -0.2) is 0 Å². The van der Waals surface area contributed by atoms with Crippen molar-refractivity contribution in [2.75, 3.05) is 0 Å². The molecule has 0 fully saturated rings. The fourth-order valence-corrected chi connectivity index (χ4v) is 9.54. The molecule has 0 bridgehead atoms. The van der Waals surface area contributed by atoms with Gasteiger partial charge in [0.1, 0.15) is 0 Å². The molecule has 0 spiro atoms. The number of thiophene rings is 2. The van der Waals surface area contributed by atoms with E-state index < -0.39 is 0 Å². The molecule has 0 saturated carbocycles. The fraction of sp³-hybridized carbons (Fsp3) is 0.0769. The van der Waals surface area contributed by atoms with E-state index >= 15 is 0 Å². The van der Waals surface area contributed by atoms with Gasteiger partial charge < -0.3 is 0 Å². The lowest BCUT2D eigenvalue weighted by Gasteiger charge is -2.21. The normalized spacial score (nSPS) is 13.8. The Hall–Kier alpha value is -4.24. The Morgan fingerprint density at radius 3 is 1.85 bits per heavy atom. The van der Waals surface area contributed by atoms with Gasteiger partial charge in [0, 0.05) is 51.3 Å². The summed E-state index contributed by atoms with van der Waals surface area (Å²) in [5.74, 6) is 0. The van der Waals surface area contributed by atoms with Crippen LogP contribution in [0.25, 0.3) is 73.7 Å². The SMILES string of the molecule is CC1(C)c2ccc(-c3cccc(-c4cccc5c4sc4ccccc45)c3)cc2-c2c1ccc1c2sc2ccccc21. The quantitative estimate of drug-likeness (QED) is 0.198. The highest BCUT2D eigenvalue weighted by Crippen LogP contribution is 2.54. The standard InChI is InChI=1S/C39H26S2/c1-39(2)32-19-17-24(22-31(32)36-33(39)20-18-30-28-12-4-6-16-35(28)41-38(30)36)23-9-7-10-25(21-23)26-13-8-14-29-27-11-3-5-15-34(27)40-37(26)29/h3-22H,1-2H3. The smallest absolute Gasteiger partial charge is 0.0437 e. The zero-order chi connectivity index (χ0) is 27.3. The lowest BCUT2D eigenvalue weighted by molar-refractivity contribution is 0.661. The summed E-state index contributed by atoms with van der Waals surface area (Å²) in [6, 6.07) is 45.3. The highest BCUT2D eigenvalue weighted by atomic mass is 32.1. The number of fused-ring (bicyclic) bond motifs is 10. The van der Waals surface area contributed by atoms with Crippen molar-refractivity contribution in [3.63, 3.8) is 0 Å². The van der Waals surface area contributed by atoms with Crippen molar-refractivity contribution in [3.05, 3.63) is 132 Å². The van der Waals surface area contributed by atoms with Gasteiger partial charge in [0.25, 0.3) is 0 Å². The van der Waals surface area contributed by atoms with Gasteiger partial charge in [0.05, 0.1) is 0 Å². The molecule has 194 valence electrons. The van der Waals surface area contributed by atoms with Gasteiger partial charge in [-0.25, -0.2) is 0 Å². The van der Waals surface area contributed by atoms with Crippen LogP contribution < -0.4 is 0 Å². The minimum Gasteiger partial charge on any atom is -0.135 e. The van der Waals surface area contributed by atoms with Crippen molar-refractivity contribution in [1.82, 2.24) is 0 Å². The number of benzene rings is 6. The van der Waals surface area contributed by atoms with Crippen LogP contribution in [0.5, 0.6) is 0 Å². The van der Waals surface area contributed by atoms with Gasteiger partial charge >= 0.3 is 0 Å². The summed E-state index contributed by atoms with van der Waals surface area (Å²) < 4.78 is 5.49. The molecular weight excluding hydrogens is 533 g/mol.